The largest absolute Gasteiger partial charge is 0.349 e. The molecule has 2 nitrogen and oxygen atoms in total. The van der Waals surface area contributed by atoms with Gasteiger partial charge in [-0.2, -0.15) is 0 Å². The SMILES string of the molecule is CCc1ccc([C@@H](C)NC(=O)CSCc2ccc(C)cc2)cc1. The molecule has 0 radical (unpaired) electrons. The van der Waals surface area contributed by atoms with Crippen LogP contribution in [0.1, 0.15) is 42.1 Å². The van der Waals surface area contributed by atoms with Gasteiger partial charge in [0.25, 0.3) is 0 Å². The third-order valence-electron chi connectivity index (χ3n) is 3.89. The number of nitrogens with one attached hydrogen (secondary N) is 1. The fourth-order valence-electron chi connectivity index (χ4n) is 2.35. The second-order valence-corrected chi connectivity index (χ2v) is 6.85. The number of carbonyl (C=O) groups excluding carboxylic acids is 1. The molecule has 1 N–H and O–H groups in total. The summed E-state index contributed by atoms with van der Waals surface area (Å²) in [5, 5.41) is 3.07. The van der Waals surface area contributed by atoms with E-state index in [9.17, 15) is 4.79 Å². The van der Waals surface area contributed by atoms with Crippen molar-refractivity contribution in [2.24, 2.45) is 0 Å². The molecule has 2 aromatic carbocycles. The number of aryl methyl sites for hydroxylation is 2. The minimum absolute atomic E-state index is 0.0494. The molecule has 122 valence electrons. The van der Waals surface area contributed by atoms with Crippen LogP contribution in [0, 0.1) is 6.92 Å². The first kappa shape index (κ1) is 17.6. The molecule has 1 atom stereocenters. The van der Waals surface area contributed by atoms with Gasteiger partial charge in [-0.25, -0.2) is 0 Å². The minimum atomic E-state index is 0.0494. The van der Waals surface area contributed by atoms with Gasteiger partial charge in [-0.15, -0.1) is 11.8 Å². The Bertz CT molecular complexity index is 619. The van der Waals surface area contributed by atoms with E-state index in [2.05, 4.69) is 67.7 Å². The van der Waals surface area contributed by atoms with Gasteiger partial charge >= 0.3 is 0 Å². The maximum Gasteiger partial charge on any atom is 0.230 e. The summed E-state index contributed by atoms with van der Waals surface area (Å²) in [6.45, 7) is 6.26. The number of carbonyl (C=O) groups is 1. The van der Waals surface area contributed by atoms with Crippen molar-refractivity contribution in [2.45, 2.75) is 39.0 Å². The molecular weight excluding hydrogens is 302 g/mol. The molecule has 0 aromatic heterocycles. The smallest absolute Gasteiger partial charge is 0.230 e. The summed E-state index contributed by atoms with van der Waals surface area (Å²) in [4.78, 5) is 12.1. The van der Waals surface area contributed by atoms with Crippen LogP contribution in [-0.4, -0.2) is 11.7 Å². The van der Waals surface area contributed by atoms with Gasteiger partial charge < -0.3 is 5.32 Å². The van der Waals surface area contributed by atoms with Crippen LogP contribution in [0.2, 0.25) is 0 Å². The first-order valence-corrected chi connectivity index (χ1v) is 9.25. The van der Waals surface area contributed by atoms with Crippen molar-refractivity contribution in [3.05, 3.63) is 70.8 Å². The van der Waals surface area contributed by atoms with E-state index in [1.54, 1.807) is 11.8 Å². The van der Waals surface area contributed by atoms with E-state index in [0.717, 1.165) is 17.7 Å². The van der Waals surface area contributed by atoms with E-state index in [1.165, 1.54) is 16.7 Å². The van der Waals surface area contributed by atoms with Crippen molar-refractivity contribution in [1.29, 1.82) is 0 Å². The summed E-state index contributed by atoms with van der Waals surface area (Å²) >= 11 is 1.65. The molecule has 0 saturated heterocycles. The Morgan fingerprint density at radius 3 is 2.26 bits per heavy atom. The molecule has 0 fully saturated rings. The van der Waals surface area contributed by atoms with Gasteiger partial charge in [0.15, 0.2) is 0 Å². The third kappa shape index (κ3) is 5.76. The van der Waals surface area contributed by atoms with E-state index >= 15 is 0 Å². The van der Waals surface area contributed by atoms with Gasteiger partial charge in [0, 0.05) is 5.75 Å². The number of rotatable bonds is 7. The predicted octanol–water partition coefficient (Wildman–Crippen LogP) is 4.67. The Labute approximate surface area is 143 Å². The van der Waals surface area contributed by atoms with Crippen LogP contribution in [-0.2, 0) is 17.0 Å². The molecule has 0 aliphatic rings. The zero-order chi connectivity index (χ0) is 16.7. The van der Waals surface area contributed by atoms with Gasteiger partial charge in [-0.3, -0.25) is 4.79 Å². The Kier molecular flexibility index (Phi) is 6.72. The van der Waals surface area contributed by atoms with Crippen molar-refractivity contribution in [3.8, 4) is 0 Å². The van der Waals surface area contributed by atoms with E-state index in [4.69, 9.17) is 0 Å². The molecule has 23 heavy (non-hydrogen) atoms. The molecule has 0 saturated carbocycles. The highest BCUT2D eigenvalue weighted by Gasteiger charge is 2.09. The van der Waals surface area contributed by atoms with Gasteiger partial charge in [0.1, 0.15) is 0 Å². The molecule has 2 rings (SSSR count). The van der Waals surface area contributed by atoms with Crippen LogP contribution < -0.4 is 5.32 Å². The van der Waals surface area contributed by atoms with Gasteiger partial charge in [0.05, 0.1) is 11.8 Å². The van der Waals surface area contributed by atoms with E-state index in [-0.39, 0.29) is 11.9 Å². The van der Waals surface area contributed by atoms with Crippen molar-refractivity contribution >= 4 is 17.7 Å². The number of hydrogen-bond acceptors (Lipinski definition) is 2. The predicted molar refractivity (Wildman–Crippen MR) is 99.7 cm³/mol. The van der Waals surface area contributed by atoms with Crippen LogP contribution >= 0.6 is 11.8 Å². The zero-order valence-electron chi connectivity index (χ0n) is 14.1. The molecule has 2 aromatic rings. The Morgan fingerprint density at radius 1 is 1.04 bits per heavy atom. The number of hydrogen-bond donors (Lipinski definition) is 1. The lowest BCUT2D eigenvalue weighted by Crippen LogP contribution is -2.28. The zero-order valence-corrected chi connectivity index (χ0v) is 15.0. The highest BCUT2D eigenvalue weighted by atomic mass is 32.2. The Morgan fingerprint density at radius 2 is 1.65 bits per heavy atom. The van der Waals surface area contributed by atoms with E-state index < -0.39 is 0 Å². The van der Waals surface area contributed by atoms with Crippen molar-refractivity contribution in [1.82, 2.24) is 5.32 Å². The average Bonchev–Trinajstić information content (AvgIpc) is 2.56. The molecule has 1 amide bonds. The summed E-state index contributed by atoms with van der Waals surface area (Å²) < 4.78 is 0. The van der Waals surface area contributed by atoms with Crippen molar-refractivity contribution in [2.75, 3.05) is 5.75 Å². The molecule has 0 heterocycles. The first-order valence-electron chi connectivity index (χ1n) is 8.10. The molecule has 0 aliphatic heterocycles. The normalized spacial score (nSPS) is 12.0. The van der Waals surface area contributed by atoms with Crippen molar-refractivity contribution < 1.29 is 4.79 Å². The fraction of sp³-hybridized carbons (Fsp3) is 0.350. The lowest BCUT2D eigenvalue weighted by molar-refractivity contribution is -0.119. The van der Waals surface area contributed by atoms with Crippen LogP contribution in [0.25, 0.3) is 0 Å². The number of benzene rings is 2. The van der Waals surface area contributed by atoms with Crippen LogP contribution in [0.15, 0.2) is 48.5 Å². The molecule has 0 unspecified atom stereocenters. The Hall–Kier alpha value is -1.74. The van der Waals surface area contributed by atoms with Crippen LogP contribution in [0.3, 0.4) is 0 Å². The summed E-state index contributed by atoms with van der Waals surface area (Å²) in [6, 6.07) is 17.0. The summed E-state index contributed by atoms with van der Waals surface area (Å²) in [5.41, 5.74) is 5.00. The lowest BCUT2D eigenvalue weighted by atomic mass is 10.1. The van der Waals surface area contributed by atoms with Crippen molar-refractivity contribution in [3.63, 3.8) is 0 Å². The average molecular weight is 327 g/mol. The lowest BCUT2D eigenvalue weighted by Gasteiger charge is -2.14. The maximum atomic E-state index is 12.1. The summed E-state index contributed by atoms with van der Waals surface area (Å²) in [6.07, 6.45) is 1.04. The first-order chi connectivity index (χ1) is 11.1. The van der Waals surface area contributed by atoms with E-state index in [0.29, 0.717) is 5.75 Å². The molecule has 0 aliphatic carbocycles. The van der Waals surface area contributed by atoms with Gasteiger partial charge in [-0.05, 0) is 37.0 Å². The van der Waals surface area contributed by atoms with Gasteiger partial charge in [-0.1, -0.05) is 61.0 Å². The highest BCUT2D eigenvalue weighted by molar-refractivity contribution is 7.99. The summed E-state index contributed by atoms with van der Waals surface area (Å²) in [7, 11) is 0. The minimum Gasteiger partial charge on any atom is -0.349 e. The second-order valence-electron chi connectivity index (χ2n) is 5.86. The summed E-state index contributed by atoms with van der Waals surface area (Å²) in [5.74, 6) is 1.45. The number of thioether (sulfide) groups is 1. The van der Waals surface area contributed by atoms with Crippen LogP contribution in [0.5, 0.6) is 0 Å². The van der Waals surface area contributed by atoms with E-state index in [1.807, 2.05) is 6.92 Å². The second kappa shape index (κ2) is 8.78. The molecule has 0 bridgehead atoms. The third-order valence-corrected chi connectivity index (χ3v) is 4.89. The maximum absolute atomic E-state index is 12.1. The Balaban J connectivity index is 1.76. The topological polar surface area (TPSA) is 29.1 Å². The standard InChI is InChI=1S/C20H25NOS/c1-4-17-9-11-19(12-10-17)16(3)21-20(22)14-23-13-18-7-5-15(2)6-8-18/h5-12,16H,4,13-14H2,1-3H3,(H,21,22)/t16-/m1/s1. The molecule has 0 spiro atoms. The molecule has 3 heteroatoms. The molecular formula is C20H25NOS. The quantitative estimate of drug-likeness (QED) is 0.801. The monoisotopic (exact) mass is 327 g/mol. The number of amides is 1. The fourth-order valence-corrected chi connectivity index (χ4v) is 3.15. The van der Waals surface area contributed by atoms with Crippen LogP contribution in [0.4, 0.5) is 0 Å². The van der Waals surface area contributed by atoms with Gasteiger partial charge in [0.2, 0.25) is 5.91 Å². The highest BCUT2D eigenvalue weighted by Crippen LogP contribution is 2.16.